The Morgan fingerprint density at radius 3 is 2.22 bits per heavy atom. The molecule has 0 aromatic rings. The summed E-state index contributed by atoms with van der Waals surface area (Å²) in [4.78, 5) is 2.36. The lowest BCUT2D eigenvalue weighted by molar-refractivity contribution is -0.0723. The Hall–Kier alpha value is -0.120. The minimum Gasteiger partial charge on any atom is -0.396 e. The first-order valence-electron chi connectivity index (χ1n) is 7.26. The quantitative estimate of drug-likeness (QED) is 0.803. The second-order valence-electron chi connectivity index (χ2n) is 7.43. The van der Waals surface area contributed by atoms with Crippen molar-refractivity contribution in [3.05, 3.63) is 0 Å². The van der Waals surface area contributed by atoms with E-state index in [1.165, 1.54) is 19.3 Å². The highest BCUT2D eigenvalue weighted by atomic mass is 16.3. The van der Waals surface area contributed by atoms with Gasteiger partial charge in [-0.25, -0.2) is 0 Å². The summed E-state index contributed by atoms with van der Waals surface area (Å²) in [6.07, 6.45) is 3.78. The van der Waals surface area contributed by atoms with Crippen LogP contribution in [0.4, 0.5) is 0 Å². The Kier molecular flexibility index (Phi) is 3.33. The van der Waals surface area contributed by atoms with Crippen molar-refractivity contribution in [3.8, 4) is 0 Å². The van der Waals surface area contributed by atoms with E-state index in [2.05, 4.69) is 39.8 Å². The molecule has 0 aliphatic heterocycles. The highest BCUT2D eigenvalue weighted by molar-refractivity contribution is 5.23. The molecule has 106 valence electrons. The van der Waals surface area contributed by atoms with Gasteiger partial charge in [-0.15, -0.1) is 0 Å². The van der Waals surface area contributed by atoms with Crippen molar-refractivity contribution in [1.82, 2.24) is 4.90 Å². The fourth-order valence-electron chi connectivity index (χ4n) is 5.41. The second-order valence-corrected chi connectivity index (χ2v) is 7.43. The Balaban J connectivity index is 2.52. The maximum absolute atomic E-state index is 9.81. The summed E-state index contributed by atoms with van der Waals surface area (Å²) in [6, 6.07) is 0. The Morgan fingerprint density at radius 2 is 1.94 bits per heavy atom. The number of nitrogens with two attached hydrogens (primary N) is 1. The third-order valence-corrected chi connectivity index (χ3v) is 6.93. The fraction of sp³-hybridized carbons (Fsp3) is 1.00. The predicted molar refractivity (Wildman–Crippen MR) is 75.3 cm³/mol. The van der Waals surface area contributed by atoms with Gasteiger partial charge in [-0.05, 0) is 56.7 Å². The summed E-state index contributed by atoms with van der Waals surface area (Å²) >= 11 is 0. The summed E-state index contributed by atoms with van der Waals surface area (Å²) in [5, 5.41) is 9.81. The van der Waals surface area contributed by atoms with Crippen molar-refractivity contribution in [2.45, 2.75) is 45.6 Å². The molecule has 2 aliphatic rings. The summed E-state index contributed by atoms with van der Waals surface area (Å²) in [5.74, 6) is 0.951. The van der Waals surface area contributed by atoms with Crippen molar-refractivity contribution in [2.75, 3.05) is 27.2 Å². The molecule has 0 unspecified atom stereocenters. The van der Waals surface area contributed by atoms with E-state index >= 15 is 0 Å². The van der Waals surface area contributed by atoms with Gasteiger partial charge in [0.25, 0.3) is 0 Å². The molecule has 0 heterocycles. The van der Waals surface area contributed by atoms with Crippen LogP contribution in [0.5, 0.6) is 0 Å². The summed E-state index contributed by atoms with van der Waals surface area (Å²) in [5.41, 5.74) is 6.64. The summed E-state index contributed by atoms with van der Waals surface area (Å²) in [7, 11) is 4.33. The van der Waals surface area contributed by atoms with E-state index < -0.39 is 0 Å². The lowest BCUT2D eigenvalue weighted by Gasteiger charge is -2.56. The van der Waals surface area contributed by atoms with Crippen molar-refractivity contribution < 1.29 is 5.11 Å². The number of aliphatic hydroxyl groups excluding tert-OH is 1. The van der Waals surface area contributed by atoms with Crippen molar-refractivity contribution >= 4 is 0 Å². The number of hydrogen-bond donors (Lipinski definition) is 2. The van der Waals surface area contributed by atoms with Gasteiger partial charge in [-0.2, -0.15) is 0 Å². The van der Waals surface area contributed by atoms with Crippen LogP contribution >= 0.6 is 0 Å². The molecular weight excluding hydrogens is 224 g/mol. The van der Waals surface area contributed by atoms with E-state index in [9.17, 15) is 5.11 Å². The molecule has 3 N–H and O–H groups in total. The minimum absolute atomic E-state index is 0.0584. The van der Waals surface area contributed by atoms with E-state index in [4.69, 9.17) is 5.73 Å². The van der Waals surface area contributed by atoms with E-state index in [0.29, 0.717) is 12.0 Å². The number of hydrogen-bond acceptors (Lipinski definition) is 3. The molecule has 2 aliphatic carbocycles. The first-order valence-corrected chi connectivity index (χ1v) is 7.26. The molecule has 2 bridgehead atoms. The van der Waals surface area contributed by atoms with Crippen LogP contribution in [0.1, 0.15) is 40.0 Å². The highest BCUT2D eigenvalue weighted by Crippen LogP contribution is 2.72. The topological polar surface area (TPSA) is 49.5 Å². The van der Waals surface area contributed by atoms with Gasteiger partial charge >= 0.3 is 0 Å². The molecular formula is C15H30N2O. The third-order valence-electron chi connectivity index (χ3n) is 6.93. The number of fused-ring (bicyclic) bond motifs is 2. The molecule has 0 saturated heterocycles. The third kappa shape index (κ3) is 1.36. The molecule has 2 fully saturated rings. The largest absolute Gasteiger partial charge is 0.396 e. The van der Waals surface area contributed by atoms with Gasteiger partial charge < -0.3 is 15.7 Å². The van der Waals surface area contributed by atoms with Crippen LogP contribution in [-0.4, -0.2) is 42.8 Å². The van der Waals surface area contributed by atoms with E-state index in [1.54, 1.807) is 0 Å². The Bertz CT molecular complexity index is 324. The molecule has 0 radical (unpaired) electrons. The summed E-state index contributed by atoms with van der Waals surface area (Å²) in [6.45, 7) is 8.04. The maximum Gasteiger partial charge on any atom is 0.0489 e. The molecule has 0 aromatic carbocycles. The maximum atomic E-state index is 9.81. The van der Waals surface area contributed by atoms with Crippen LogP contribution in [0.2, 0.25) is 0 Å². The monoisotopic (exact) mass is 254 g/mol. The van der Waals surface area contributed by atoms with Gasteiger partial charge in [-0.1, -0.05) is 20.8 Å². The second kappa shape index (κ2) is 4.19. The number of aliphatic hydroxyl groups is 1. The van der Waals surface area contributed by atoms with Crippen LogP contribution in [-0.2, 0) is 0 Å². The first kappa shape index (κ1) is 14.3. The van der Waals surface area contributed by atoms with Crippen molar-refractivity contribution in [3.63, 3.8) is 0 Å². The van der Waals surface area contributed by atoms with E-state index in [0.717, 1.165) is 5.92 Å². The van der Waals surface area contributed by atoms with Gasteiger partial charge in [0.2, 0.25) is 0 Å². The molecule has 0 spiro atoms. The average molecular weight is 254 g/mol. The standard InChI is InChI=1S/C15H30N2O/c1-13(2)11-6-7-14(13,3)15(8-11,17(4)5)12(9-16)10-18/h11-12,18H,6-10,16H2,1-5H3/t11-,12-,14+,15+/m1/s1. The highest BCUT2D eigenvalue weighted by Gasteiger charge is 2.70. The Morgan fingerprint density at radius 1 is 1.33 bits per heavy atom. The van der Waals surface area contributed by atoms with Gasteiger partial charge in [0.15, 0.2) is 0 Å². The molecule has 2 rings (SSSR count). The smallest absolute Gasteiger partial charge is 0.0489 e. The fourth-order valence-corrected chi connectivity index (χ4v) is 5.41. The SMILES string of the molecule is CN(C)[C@]1([C@H](CN)CO)C[C@H]2CC[C@@]1(C)C2(C)C. The lowest BCUT2D eigenvalue weighted by atomic mass is 9.58. The van der Waals surface area contributed by atoms with Gasteiger partial charge in [0, 0.05) is 18.1 Å². The normalized spacial score (nSPS) is 43.7. The Labute approximate surface area is 112 Å². The van der Waals surface area contributed by atoms with Gasteiger partial charge in [0.05, 0.1) is 0 Å². The zero-order valence-electron chi connectivity index (χ0n) is 12.7. The van der Waals surface area contributed by atoms with Crippen molar-refractivity contribution in [2.24, 2.45) is 28.4 Å². The van der Waals surface area contributed by atoms with Crippen LogP contribution in [0.3, 0.4) is 0 Å². The summed E-state index contributed by atoms with van der Waals surface area (Å²) < 4.78 is 0. The predicted octanol–water partition coefficient (Wildman–Crippen LogP) is 1.70. The van der Waals surface area contributed by atoms with E-state index in [1.807, 2.05) is 0 Å². The van der Waals surface area contributed by atoms with Crippen LogP contribution in [0.15, 0.2) is 0 Å². The lowest BCUT2D eigenvalue weighted by Crippen LogP contribution is -2.63. The molecule has 4 atom stereocenters. The molecule has 18 heavy (non-hydrogen) atoms. The minimum atomic E-state index is 0.0584. The van der Waals surface area contributed by atoms with Crippen LogP contribution < -0.4 is 5.73 Å². The molecule has 0 amide bonds. The molecule has 2 saturated carbocycles. The number of rotatable bonds is 4. The van der Waals surface area contributed by atoms with Crippen LogP contribution in [0.25, 0.3) is 0 Å². The zero-order chi connectivity index (χ0) is 13.8. The van der Waals surface area contributed by atoms with Crippen LogP contribution in [0, 0.1) is 22.7 Å². The van der Waals surface area contributed by atoms with Gasteiger partial charge in [-0.3, -0.25) is 0 Å². The molecule has 3 heteroatoms. The molecule has 3 nitrogen and oxygen atoms in total. The average Bonchev–Trinajstić information content (AvgIpc) is 2.62. The first-order chi connectivity index (χ1) is 8.28. The molecule has 0 aromatic heterocycles. The van der Waals surface area contributed by atoms with Crippen molar-refractivity contribution in [1.29, 1.82) is 0 Å². The van der Waals surface area contributed by atoms with Gasteiger partial charge in [0.1, 0.15) is 0 Å². The zero-order valence-corrected chi connectivity index (χ0v) is 12.7. The van der Waals surface area contributed by atoms with E-state index in [-0.39, 0.29) is 23.5 Å². The number of nitrogens with zero attached hydrogens (tertiary/aromatic N) is 1.